The third-order valence-corrected chi connectivity index (χ3v) is 17.7. The van der Waals surface area contributed by atoms with Crippen LogP contribution in [-0.2, 0) is 0 Å². The fourth-order valence-corrected chi connectivity index (χ4v) is 14.4. The molecule has 0 fully saturated rings. The first-order chi connectivity index (χ1) is 37.2. The van der Waals surface area contributed by atoms with Gasteiger partial charge in [0, 0.05) is 79.0 Å². The first kappa shape index (κ1) is 42.3. The van der Waals surface area contributed by atoms with Crippen molar-refractivity contribution in [2.45, 2.75) is 0 Å². The molecule has 16 aromatic rings. The topological polar surface area (TPSA) is 10.9 Å². The average molecular weight is 990 g/mol. The quantitative estimate of drug-likeness (QED) is 0.150. The second kappa shape index (κ2) is 16.6. The molecule has 4 aromatic heterocycles. The van der Waals surface area contributed by atoms with Gasteiger partial charge in [-0.15, -0.1) is 22.7 Å². The molecule has 16 rings (SSSR count). The van der Waals surface area contributed by atoms with Gasteiger partial charge in [0.25, 0.3) is 0 Å². The molecule has 0 aliphatic carbocycles. The molecular formula is C70H43N3S2. The molecule has 0 saturated carbocycles. The number of aromatic nitrogens is 1. The number of hydrogen-bond donors (Lipinski definition) is 0. The van der Waals surface area contributed by atoms with Gasteiger partial charge in [0.05, 0.1) is 33.6 Å². The second-order valence-corrected chi connectivity index (χ2v) is 21.8. The van der Waals surface area contributed by atoms with Crippen LogP contribution in [0.15, 0.2) is 261 Å². The van der Waals surface area contributed by atoms with E-state index in [0.717, 1.165) is 22.7 Å². The molecule has 75 heavy (non-hydrogen) atoms. The molecule has 0 unspecified atom stereocenters. The third-order valence-electron chi connectivity index (χ3n) is 15.5. The van der Waals surface area contributed by atoms with Crippen LogP contribution in [0.1, 0.15) is 0 Å². The van der Waals surface area contributed by atoms with Crippen molar-refractivity contribution in [2.75, 3.05) is 9.80 Å². The summed E-state index contributed by atoms with van der Waals surface area (Å²) in [6.45, 7) is 0. The highest BCUT2D eigenvalue weighted by atomic mass is 32.1. The van der Waals surface area contributed by atoms with Gasteiger partial charge in [-0.05, 0) is 130 Å². The molecule has 0 spiro atoms. The van der Waals surface area contributed by atoms with E-state index in [-0.39, 0.29) is 0 Å². The van der Waals surface area contributed by atoms with Crippen LogP contribution in [-0.4, -0.2) is 4.40 Å². The van der Waals surface area contributed by atoms with Crippen LogP contribution in [0.2, 0.25) is 0 Å². The van der Waals surface area contributed by atoms with Crippen LogP contribution in [0.5, 0.6) is 0 Å². The van der Waals surface area contributed by atoms with Crippen molar-refractivity contribution in [3.63, 3.8) is 0 Å². The summed E-state index contributed by atoms with van der Waals surface area (Å²) in [5.41, 5.74) is 15.3. The zero-order valence-electron chi connectivity index (χ0n) is 40.5. The number of anilines is 6. The SMILES string of the molecule is c1ccc(-c2ccc(N(c3ccc4cc5c6ccc(N(c7ccc(-c8ccccc8)cc7)c7cccc8sc9ccccc9c78)c7c8ccccc8n(c5cc4c3)c67)c3cccc4sc5ccccc5c34)cc2)cc1. The van der Waals surface area contributed by atoms with E-state index in [2.05, 4.69) is 275 Å². The molecule has 350 valence electrons. The van der Waals surface area contributed by atoms with E-state index in [9.17, 15) is 0 Å². The molecule has 3 nitrogen and oxygen atoms in total. The first-order valence-corrected chi connectivity index (χ1v) is 27.2. The predicted octanol–water partition coefficient (Wildman–Crippen LogP) is 21.0. The van der Waals surface area contributed by atoms with E-state index in [1.165, 1.54) is 123 Å². The second-order valence-electron chi connectivity index (χ2n) is 19.6. The summed E-state index contributed by atoms with van der Waals surface area (Å²) in [7, 11) is 0. The Labute approximate surface area is 440 Å². The van der Waals surface area contributed by atoms with Gasteiger partial charge < -0.3 is 14.2 Å². The highest BCUT2D eigenvalue weighted by Crippen LogP contribution is 2.52. The molecule has 0 amide bonds. The van der Waals surface area contributed by atoms with Crippen LogP contribution < -0.4 is 9.80 Å². The number of benzene rings is 12. The van der Waals surface area contributed by atoms with E-state index in [0.29, 0.717) is 0 Å². The van der Waals surface area contributed by atoms with Crippen molar-refractivity contribution < 1.29 is 0 Å². The van der Waals surface area contributed by atoms with Gasteiger partial charge in [-0.3, -0.25) is 0 Å². The predicted molar refractivity (Wildman–Crippen MR) is 325 cm³/mol. The lowest BCUT2D eigenvalue weighted by Crippen LogP contribution is -2.10. The monoisotopic (exact) mass is 989 g/mol. The smallest absolute Gasteiger partial charge is 0.0641 e. The van der Waals surface area contributed by atoms with Crippen LogP contribution in [0.4, 0.5) is 34.1 Å². The molecule has 4 heterocycles. The van der Waals surface area contributed by atoms with Crippen molar-refractivity contribution in [3.05, 3.63) is 261 Å². The number of para-hydroxylation sites is 1. The van der Waals surface area contributed by atoms with Crippen LogP contribution in [0.25, 0.3) is 111 Å². The minimum Gasteiger partial charge on any atom is -0.310 e. The molecule has 0 aliphatic rings. The Hall–Kier alpha value is -9.26. The van der Waals surface area contributed by atoms with Gasteiger partial charge >= 0.3 is 0 Å². The Morgan fingerprint density at radius 3 is 1.39 bits per heavy atom. The van der Waals surface area contributed by atoms with Crippen molar-refractivity contribution in [2.24, 2.45) is 0 Å². The third kappa shape index (κ3) is 6.52. The maximum atomic E-state index is 2.54. The summed E-state index contributed by atoms with van der Waals surface area (Å²) < 4.78 is 7.69. The molecule has 12 aromatic carbocycles. The normalized spacial score (nSPS) is 12.0. The highest BCUT2D eigenvalue weighted by molar-refractivity contribution is 7.26. The molecule has 0 bridgehead atoms. The Bertz CT molecular complexity index is 4880. The minimum atomic E-state index is 1.11. The maximum Gasteiger partial charge on any atom is 0.0641 e. The molecule has 0 aliphatic heterocycles. The summed E-state index contributed by atoms with van der Waals surface area (Å²) in [5, 5.41) is 12.5. The number of nitrogens with zero attached hydrogens (tertiary/aromatic N) is 3. The van der Waals surface area contributed by atoms with Gasteiger partial charge in [0.15, 0.2) is 0 Å². The number of thiophene rings is 2. The van der Waals surface area contributed by atoms with E-state index < -0.39 is 0 Å². The molecule has 5 heteroatoms. The zero-order chi connectivity index (χ0) is 49.1. The lowest BCUT2D eigenvalue weighted by atomic mass is 10.0. The summed E-state index contributed by atoms with van der Waals surface area (Å²) in [6, 6.07) is 96.5. The Balaban J connectivity index is 0.918. The summed E-state index contributed by atoms with van der Waals surface area (Å²) in [5.74, 6) is 0. The van der Waals surface area contributed by atoms with Crippen molar-refractivity contribution in [1.29, 1.82) is 0 Å². The van der Waals surface area contributed by atoms with Crippen molar-refractivity contribution in [1.82, 2.24) is 4.40 Å². The largest absolute Gasteiger partial charge is 0.310 e. The lowest BCUT2D eigenvalue weighted by molar-refractivity contribution is 1.31. The lowest BCUT2D eigenvalue weighted by Gasteiger charge is -2.28. The van der Waals surface area contributed by atoms with Gasteiger partial charge in [-0.2, -0.15) is 0 Å². The van der Waals surface area contributed by atoms with Crippen LogP contribution >= 0.6 is 22.7 Å². The maximum absolute atomic E-state index is 2.54. The zero-order valence-corrected chi connectivity index (χ0v) is 42.1. The Morgan fingerprint density at radius 1 is 0.267 bits per heavy atom. The number of rotatable bonds is 8. The summed E-state index contributed by atoms with van der Waals surface area (Å²) in [4.78, 5) is 4.99. The first-order valence-electron chi connectivity index (χ1n) is 25.6. The molecule has 0 N–H and O–H groups in total. The molecule has 0 atom stereocenters. The van der Waals surface area contributed by atoms with Crippen molar-refractivity contribution >= 4 is 146 Å². The summed E-state index contributed by atoms with van der Waals surface area (Å²) >= 11 is 3.73. The fraction of sp³-hybridized carbons (Fsp3) is 0. The summed E-state index contributed by atoms with van der Waals surface area (Å²) in [6.07, 6.45) is 0. The van der Waals surface area contributed by atoms with Crippen LogP contribution in [0.3, 0.4) is 0 Å². The van der Waals surface area contributed by atoms with Crippen LogP contribution in [0, 0.1) is 0 Å². The van der Waals surface area contributed by atoms with E-state index in [1.54, 1.807) is 0 Å². The number of hydrogen-bond acceptors (Lipinski definition) is 4. The van der Waals surface area contributed by atoms with E-state index in [4.69, 9.17) is 0 Å². The number of fused-ring (bicyclic) bond motifs is 13. The van der Waals surface area contributed by atoms with Gasteiger partial charge in [-0.25, -0.2) is 0 Å². The Kier molecular flexibility index (Phi) is 9.38. The standard InChI is InChI=1S/C70H43N3S2/c1-3-15-44(16-4-1)46-29-34-50(35-30-46)71(59-23-13-27-65-67(59)55-20-8-11-25-63(55)74-65)52-38-33-48-42-57-53-39-40-61(69-54-19-7-10-22-58(54)73(70(53)69)62(57)43-49(48)41-52)72(51-36-31-47(32-37-51)45-17-5-2-6-18-45)60-24-14-28-66-68(60)56-21-9-12-26-64(56)75-66/h1-43H. The molecule has 0 radical (unpaired) electrons. The average Bonchev–Trinajstić information content (AvgIpc) is 4.33. The minimum absolute atomic E-state index is 1.11. The molecule has 0 saturated heterocycles. The molecular weight excluding hydrogens is 947 g/mol. The van der Waals surface area contributed by atoms with Gasteiger partial charge in [0.2, 0.25) is 0 Å². The van der Waals surface area contributed by atoms with E-state index in [1.807, 2.05) is 22.7 Å². The van der Waals surface area contributed by atoms with E-state index >= 15 is 0 Å². The highest BCUT2D eigenvalue weighted by Gasteiger charge is 2.27. The van der Waals surface area contributed by atoms with Crippen molar-refractivity contribution in [3.8, 4) is 22.3 Å². The fourth-order valence-electron chi connectivity index (χ4n) is 12.1. The van der Waals surface area contributed by atoms with Gasteiger partial charge in [0.1, 0.15) is 0 Å². The Morgan fingerprint density at radius 2 is 0.760 bits per heavy atom. The van der Waals surface area contributed by atoms with Gasteiger partial charge in [-0.1, -0.05) is 164 Å².